The second-order valence-corrected chi connectivity index (χ2v) is 6.81. The van der Waals surface area contributed by atoms with Crippen molar-refractivity contribution in [2.75, 3.05) is 0 Å². The van der Waals surface area contributed by atoms with Gasteiger partial charge in [0.15, 0.2) is 0 Å². The first-order chi connectivity index (χ1) is 11.5. The van der Waals surface area contributed by atoms with Gasteiger partial charge in [0.05, 0.1) is 6.54 Å². The number of hydrogen-bond acceptors (Lipinski definition) is 2. The van der Waals surface area contributed by atoms with Crippen LogP contribution in [0.3, 0.4) is 0 Å². The quantitative estimate of drug-likeness (QED) is 0.864. The molecule has 1 heterocycles. The Labute approximate surface area is 141 Å². The summed E-state index contributed by atoms with van der Waals surface area (Å²) in [6.45, 7) is 4.35. The van der Waals surface area contributed by atoms with Gasteiger partial charge in [0.2, 0.25) is 0 Å². The number of nitrogens with zero attached hydrogens (tertiary/aromatic N) is 1. The molecule has 4 heteroatoms. The van der Waals surface area contributed by atoms with Crippen molar-refractivity contribution in [1.82, 2.24) is 10.2 Å². The number of carbonyl (C=O) groups is 2. The first-order valence-electron chi connectivity index (χ1n) is 8.30. The molecule has 0 radical (unpaired) electrons. The number of fused-ring (bicyclic) bond motifs is 2. The fourth-order valence-corrected chi connectivity index (χ4v) is 3.87. The maximum atomic E-state index is 13.1. The number of rotatable bonds is 2. The molecule has 1 N–H and O–H groups in total. The normalized spacial score (nSPS) is 22.2. The van der Waals surface area contributed by atoms with Crippen LogP contribution in [0.25, 0.3) is 0 Å². The minimum absolute atomic E-state index is 0.127. The van der Waals surface area contributed by atoms with E-state index in [0.29, 0.717) is 13.0 Å². The van der Waals surface area contributed by atoms with Crippen LogP contribution in [0, 0.1) is 13.8 Å². The van der Waals surface area contributed by atoms with E-state index < -0.39 is 5.54 Å². The molecule has 1 spiro atoms. The SMILES string of the molecule is Cc1ccc(C)c(CN2C(=O)N[C@@]3(CCc4ccccc43)C2=O)c1. The van der Waals surface area contributed by atoms with Crippen molar-refractivity contribution < 1.29 is 9.59 Å². The number of imide groups is 1. The Morgan fingerprint density at radius 2 is 1.92 bits per heavy atom. The minimum Gasteiger partial charge on any atom is -0.319 e. The van der Waals surface area contributed by atoms with Crippen LogP contribution in [0.1, 0.15) is 34.2 Å². The molecule has 0 unspecified atom stereocenters. The Morgan fingerprint density at radius 3 is 2.75 bits per heavy atom. The number of carbonyl (C=O) groups excluding carboxylic acids is 2. The van der Waals surface area contributed by atoms with Crippen LogP contribution in [0.4, 0.5) is 4.79 Å². The van der Waals surface area contributed by atoms with Gasteiger partial charge in [-0.3, -0.25) is 9.69 Å². The van der Waals surface area contributed by atoms with Crippen LogP contribution in [0.2, 0.25) is 0 Å². The summed E-state index contributed by atoms with van der Waals surface area (Å²) in [5.41, 5.74) is 4.47. The summed E-state index contributed by atoms with van der Waals surface area (Å²) in [5.74, 6) is -0.127. The number of nitrogens with one attached hydrogen (secondary N) is 1. The van der Waals surface area contributed by atoms with Crippen LogP contribution in [-0.4, -0.2) is 16.8 Å². The van der Waals surface area contributed by atoms with E-state index >= 15 is 0 Å². The van der Waals surface area contributed by atoms with E-state index in [4.69, 9.17) is 0 Å². The largest absolute Gasteiger partial charge is 0.325 e. The lowest BCUT2D eigenvalue weighted by atomic mass is 9.91. The van der Waals surface area contributed by atoms with E-state index in [2.05, 4.69) is 5.32 Å². The fourth-order valence-electron chi connectivity index (χ4n) is 3.87. The molecule has 122 valence electrons. The second-order valence-electron chi connectivity index (χ2n) is 6.81. The Balaban J connectivity index is 1.69. The molecule has 0 aromatic heterocycles. The standard InChI is InChI=1S/C20H20N2O2/c1-13-7-8-14(2)16(11-13)12-22-18(23)20(21-19(22)24)10-9-15-5-3-4-6-17(15)20/h3-8,11H,9-10,12H2,1-2H3,(H,21,24)/t20-/m1/s1. The molecule has 4 nitrogen and oxygen atoms in total. The zero-order chi connectivity index (χ0) is 16.9. The van der Waals surface area contributed by atoms with Crippen LogP contribution in [0.15, 0.2) is 42.5 Å². The van der Waals surface area contributed by atoms with E-state index in [1.54, 1.807) is 0 Å². The lowest BCUT2D eigenvalue weighted by molar-refractivity contribution is -0.132. The molecule has 1 saturated heterocycles. The van der Waals surface area contributed by atoms with Gasteiger partial charge >= 0.3 is 6.03 Å². The molecule has 1 fully saturated rings. The van der Waals surface area contributed by atoms with E-state index in [-0.39, 0.29) is 11.9 Å². The lowest BCUT2D eigenvalue weighted by Gasteiger charge is -2.22. The van der Waals surface area contributed by atoms with Crippen molar-refractivity contribution in [2.45, 2.75) is 38.8 Å². The van der Waals surface area contributed by atoms with Gasteiger partial charge in [-0.2, -0.15) is 0 Å². The van der Waals surface area contributed by atoms with Crippen LogP contribution < -0.4 is 5.32 Å². The fraction of sp³-hybridized carbons (Fsp3) is 0.300. The Bertz CT molecular complexity index is 858. The molecular formula is C20H20N2O2. The molecule has 1 aliphatic heterocycles. The highest BCUT2D eigenvalue weighted by atomic mass is 16.2. The maximum Gasteiger partial charge on any atom is 0.325 e. The number of benzene rings is 2. The molecule has 3 amide bonds. The third-order valence-corrected chi connectivity index (χ3v) is 5.26. The van der Waals surface area contributed by atoms with Gasteiger partial charge in [-0.1, -0.05) is 48.0 Å². The van der Waals surface area contributed by atoms with Gasteiger partial charge in [-0.15, -0.1) is 0 Å². The third-order valence-electron chi connectivity index (χ3n) is 5.26. The number of hydrogen-bond donors (Lipinski definition) is 1. The molecule has 2 aliphatic rings. The lowest BCUT2D eigenvalue weighted by Crippen LogP contribution is -2.41. The number of aryl methyl sites for hydroxylation is 3. The molecule has 0 saturated carbocycles. The zero-order valence-corrected chi connectivity index (χ0v) is 13.9. The van der Waals surface area contributed by atoms with Crippen molar-refractivity contribution in [1.29, 1.82) is 0 Å². The molecule has 1 aliphatic carbocycles. The van der Waals surface area contributed by atoms with Crippen molar-refractivity contribution >= 4 is 11.9 Å². The van der Waals surface area contributed by atoms with Gasteiger partial charge in [0.25, 0.3) is 5.91 Å². The monoisotopic (exact) mass is 320 g/mol. The second kappa shape index (κ2) is 5.20. The van der Waals surface area contributed by atoms with Gasteiger partial charge in [-0.05, 0) is 48.9 Å². The molecular weight excluding hydrogens is 300 g/mol. The zero-order valence-electron chi connectivity index (χ0n) is 13.9. The molecule has 1 atom stereocenters. The van der Waals surface area contributed by atoms with E-state index in [9.17, 15) is 9.59 Å². The summed E-state index contributed by atoms with van der Waals surface area (Å²) >= 11 is 0. The highest BCUT2D eigenvalue weighted by Crippen LogP contribution is 2.41. The minimum atomic E-state index is -0.870. The summed E-state index contributed by atoms with van der Waals surface area (Å²) in [6, 6.07) is 13.7. The highest BCUT2D eigenvalue weighted by Gasteiger charge is 2.55. The van der Waals surface area contributed by atoms with Gasteiger partial charge in [0.1, 0.15) is 5.54 Å². The van der Waals surface area contributed by atoms with E-state index in [1.165, 1.54) is 4.90 Å². The highest BCUT2D eigenvalue weighted by molar-refractivity contribution is 6.08. The molecule has 2 aromatic carbocycles. The summed E-state index contributed by atoms with van der Waals surface area (Å²) in [4.78, 5) is 27.1. The average Bonchev–Trinajstić information content (AvgIpc) is 3.05. The van der Waals surface area contributed by atoms with Crippen LogP contribution in [-0.2, 0) is 23.3 Å². The molecule has 4 rings (SSSR count). The molecule has 2 aromatic rings. The summed E-state index contributed by atoms with van der Waals surface area (Å²) < 4.78 is 0. The Hall–Kier alpha value is -2.62. The maximum absolute atomic E-state index is 13.1. The third kappa shape index (κ3) is 2.06. The number of amides is 3. The Kier molecular flexibility index (Phi) is 3.23. The van der Waals surface area contributed by atoms with E-state index in [0.717, 1.165) is 34.2 Å². The topological polar surface area (TPSA) is 49.4 Å². The van der Waals surface area contributed by atoms with Gasteiger partial charge < -0.3 is 5.32 Å². The summed E-state index contributed by atoms with van der Waals surface area (Å²) in [7, 11) is 0. The van der Waals surface area contributed by atoms with Crippen LogP contribution >= 0.6 is 0 Å². The van der Waals surface area contributed by atoms with Crippen molar-refractivity contribution in [3.05, 3.63) is 70.3 Å². The van der Waals surface area contributed by atoms with Crippen LogP contribution in [0.5, 0.6) is 0 Å². The predicted molar refractivity (Wildman–Crippen MR) is 91.4 cm³/mol. The van der Waals surface area contributed by atoms with Crippen molar-refractivity contribution in [3.63, 3.8) is 0 Å². The van der Waals surface area contributed by atoms with Gasteiger partial charge in [0, 0.05) is 0 Å². The van der Waals surface area contributed by atoms with Crippen molar-refractivity contribution in [3.8, 4) is 0 Å². The average molecular weight is 320 g/mol. The Morgan fingerprint density at radius 1 is 1.12 bits per heavy atom. The van der Waals surface area contributed by atoms with E-state index in [1.807, 2.05) is 56.3 Å². The predicted octanol–water partition coefficient (Wildman–Crippen LogP) is 3.20. The van der Waals surface area contributed by atoms with Gasteiger partial charge in [-0.25, -0.2) is 4.79 Å². The smallest absolute Gasteiger partial charge is 0.319 e. The molecule has 24 heavy (non-hydrogen) atoms. The first kappa shape index (κ1) is 14.9. The summed E-state index contributed by atoms with van der Waals surface area (Å²) in [6.07, 6.45) is 1.46. The molecule has 0 bridgehead atoms. The number of urea groups is 1. The van der Waals surface area contributed by atoms with Crippen molar-refractivity contribution in [2.24, 2.45) is 0 Å². The first-order valence-corrected chi connectivity index (χ1v) is 8.30. The summed E-state index contributed by atoms with van der Waals surface area (Å²) in [5, 5.41) is 2.98.